The van der Waals surface area contributed by atoms with Gasteiger partial charge < -0.3 is 44.6 Å². The Labute approximate surface area is 205 Å². The first-order chi connectivity index (χ1) is 16.4. The Kier molecular flexibility index (Phi) is 16.8. The second kappa shape index (κ2) is 17.7. The van der Waals surface area contributed by atoms with Crippen LogP contribution in [-0.4, -0.2) is 65.5 Å². The minimum Gasteiger partial charge on any atom is -0.505 e. The third kappa shape index (κ3) is 15.8. The highest BCUT2D eigenvalue weighted by Crippen LogP contribution is 2.29. The van der Waals surface area contributed by atoms with Gasteiger partial charge in [-0.3, -0.25) is 4.79 Å². The molecule has 0 aromatic rings. The van der Waals surface area contributed by atoms with Crippen LogP contribution in [0.4, 0.5) is 0 Å². The van der Waals surface area contributed by atoms with Crippen LogP contribution in [0.3, 0.4) is 0 Å². The zero-order chi connectivity index (χ0) is 26.9. The number of hydrogen-bond acceptors (Lipinski definition) is 9. The molecule has 0 radical (unpaired) electrons. The molecule has 0 unspecified atom stereocenters. The highest BCUT2D eigenvalue weighted by Gasteiger charge is 2.51. The van der Waals surface area contributed by atoms with E-state index in [4.69, 9.17) is 24.0 Å². The lowest BCUT2D eigenvalue weighted by Crippen LogP contribution is -2.50. The topological polar surface area (TPSA) is 211 Å². The minimum atomic E-state index is -4.64. The molecule has 0 saturated carbocycles. The highest BCUT2D eigenvalue weighted by molar-refractivity contribution is 7.45. The number of aliphatic hydroxyl groups is 4. The van der Waals surface area contributed by atoms with Crippen molar-refractivity contribution >= 4 is 19.8 Å². The van der Waals surface area contributed by atoms with E-state index >= 15 is 0 Å². The Morgan fingerprint density at radius 2 is 1.31 bits per heavy atom. The number of carbonyl (C=O) groups excluding carboxylic acids is 2. The Balaban J connectivity index is 0.00000209. The zero-order valence-electron chi connectivity index (χ0n) is 20.3. The van der Waals surface area contributed by atoms with Gasteiger partial charge in [-0.05, 0) is 6.42 Å². The molecule has 2 atom stereocenters. The number of cyclic esters (lactones) is 1. The molecule has 7 N–H and O–H groups in total. The molecule has 0 amide bonds. The molecule has 1 heterocycles. The molecule has 0 saturated heterocycles. The summed E-state index contributed by atoms with van der Waals surface area (Å²) in [4.78, 5) is 44.7. The summed E-state index contributed by atoms with van der Waals surface area (Å²) in [6.07, 6.45) is 13.3. The molecule has 0 spiro atoms. The molecular formula is C22H41O12P. The van der Waals surface area contributed by atoms with Crippen molar-refractivity contribution in [1.29, 1.82) is 0 Å². The number of hydrogen-bond donors (Lipinski definition) is 7. The number of aliphatic hydroxyl groups excluding tert-OH is 3. The smallest absolute Gasteiger partial charge is 0.466 e. The van der Waals surface area contributed by atoms with Crippen LogP contribution in [0.2, 0.25) is 0 Å². The predicted octanol–water partition coefficient (Wildman–Crippen LogP) is 3.02. The van der Waals surface area contributed by atoms with Gasteiger partial charge in [0.05, 0.1) is 0 Å². The van der Waals surface area contributed by atoms with Crippen molar-refractivity contribution in [2.24, 2.45) is 0 Å². The van der Waals surface area contributed by atoms with E-state index in [1.807, 2.05) is 0 Å². The van der Waals surface area contributed by atoms with Crippen LogP contribution in [0.1, 0.15) is 96.8 Å². The van der Waals surface area contributed by atoms with Gasteiger partial charge >= 0.3 is 19.8 Å². The monoisotopic (exact) mass is 528 g/mol. The largest absolute Gasteiger partial charge is 0.505 e. The van der Waals surface area contributed by atoms with E-state index in [1.54, 1.807) is 0 Å². The number of phosphoric acid groups is 1. The van der Waals surface area contributed by atoms with E-state index < -0.39 is 49.8 Å². The van der Waals surface area contributed by atoms with Crippen LogP contribution in [0, 0.1) is 0 Å². The van der Waals surface area contributed by atoms with Gasteiger partial charge in [-0.1, -0.05) is 84.0 Å². The van der Waals surface area contributed by atoms with Crippen molar-refractivity contribution in [3.05, 3.63) is 11.5 Å². The molecule has 35 heavy (non-hydrogen) atoms. The molecule has 0 fully saturated rings. The van der Waals surface area contributed by atoms with Gasteiger partial charge in [0.1, 0.15) is 6.61 Å². The predicted molar refractivity (Wildman–Crippen MR) is 125 cm³/mol. The maximum atomic E-state index is 12.0. The lowest BCUT2D eigenvalue weighted by molar-refractivity contribution is -0.259. The van der Waals surface area contributed by atoms with Gasteiger partial charge in [0.15, 0.2) is 5.76 Å². The van der Waals surface area contributed by atoms with Crippen molar-refractivity contribution in [1.82, 2.24) is 0 Å². The van der Waals surface area contributed by atoms with Gasteiger partial charge in [-0.15, -0.1) is 0 Å². The average molecular weight is 529 g/mol. The van der Waals surface area contributed by atoms with E-state index in [9.17, 15) is 30.0 Å². The number of ether oxygens (including phenoxy) is 2. The van der Waals surface area contributed by atoms with Crippen LogP contribution in [0.5, 0.6) is 0 Å². The molecule has 1 aliphatic rings. The third-order valence-electron chi connectivity index (χ3n) is 5.32. The van der Waals surface area contributed by atoms with E-state index in [1.165, 1.54) is 57.8 Å². The van der Waals surface area contributed by atoms with Crippen LogP contribution >= 0.6 is 7.82 Å². The van der Waals surface area contributed by atoms with E-state index in [0.717, 1.165) is 19.3 Å². The van der Waals surface area contributed by atoms with Crippen LogP contribution in [0.15, 0.2) is 11.5 Å². The van der Waals surface area contributed by atoms with Crippen LogP contribution < -0.4 is 0 Å². The third-order valence-corrected chi connectivity index (χ3v) is 5.32. The van der Waals surface area contributed by atoms with Crippen LogP contribution in [0.25, 0.3) is 0 Å². The normalized spacial score (nSPS) is 17.4. The number of carbonyl (C=O) groups is 2. The molecule has 0 aromatic heterocycles. The van der Waals surface area contributed by atoms with E-state index in [2.05, 4.69) is 11.7 Å². The molecule has 1 rings (SSSR count). The quantitative estimate of drug-likeness (QED) is 0.0628. The van der Waals surface area contributed by atoms with E-state index in [0.29, 0.717) is 6.42 Å². The summed E-state index contributed by atoms with van der Waals surface area (Å²) in [6.45, 7) is 1.12. The molecule has 0 aromatic carbocycles. The van der Waals surface area contributed by atoms with Crippen molar-refractivity contribution in [2.45, 2.75) is 109 Å². The van der Waals surface area contributed by atoms with Gasteiger partial charge in [0.2, 0.25) is 11.9 Å². The van der Waals surface area contributed by atoms with Gasteiger partial charge in [-0.25, -0.2) is 9.36 Å². The molecule has 12 nitrogen and oxygen atoms in total. The highest BCUT2D eigenvalue weighted by atomic mass is 31.2. The lowest BCUT2D eigenvalue weighted by Gasteiger charge is -2.29. The fraction of sp³-hybridized carbons (Fsp3) is 0.818. The summed E-state index contributed by atoms with van der Waals surface area (Å²) in [5.74, 6) is -6.76. The SMILES string of the molecule is CCCCCCCCCCCCCCCC(=O)O[C@](O)(CO)[C@H]1OC(=O)C(O)=C1O.O=P(O)(O)O. The lowest BCUT2D eigenvalue weighted by atomic mass is 10.0. The van der Waals surface area contributed by atoms with Gasteiger partial charge in [-0.2, -0.15) is 0 Å². The molecule has 1 aliphatic heterocycles. The summed E-state index contributed by atoms with van der Waals surface area (Å²) >= 11 is 0. The Morgan fingerprint density at radius 3 is 1.66 bits per heavy atom. The molecule has 0 aliphatic carbocycles. The molecule has 0 bridgehead atoms. The second-order valence-electron chi connectivity index (χ2n) is 8.50. The van der Waals surface area contributed by atoms with Crippen molar-refractivity contribution in [3.63, 3.8) is 0 Å². The number of rotatable bonds is 17. The Hall–Kier alpha value is -1.69. The zero-order valence-corrected chi connectivity index (χ0v) is 21.2. The van der Waals surface area contributed by atoms with Gasteiger partial charge in [0.25, 0.3) is 5.79 Å². The summed E-state index contributed by atoms with van der Waals surface area (Å²) in [5.41, 5.74) is 0. The summed E-state index contributed by atoms with van der Waals surface area (Å²) in [5, 5.41) is 38.5. The maximum Gasteiger partial charge on any atom is 0.466 e. The first kappa shape index (κ1) is 33.3. The van der Waals surface area contributed by atoms with Crippen molar-refractivity contribution in [3.8, 4) is 0 Å². The standard InChI is InChI=1S/C22H38O8.H3O4P/c1-2-3-4-5-6-7-8-9-10-11-12-13-14-15-17(24)30-22(28,16-23)20-18(25)19(26)21(27)29-20;1-5(2,3)4/h20,23,25-26,28H,2-16H2,1H3;(H3,1,2,3,4)/t20-,22+;/m0./s1. The Morgan fingerprint density at radius 1 is 0.914 bits per heavy atom. The van der Waals surface area contributed by atoms with E-state index in [-0.39, 0.29) is 6.42 Å². The van der Waals surface area contributed by atoms with Crippen molar-refractivity contribution < 1.29 is 58.7 Å². The first-order valence-electron chi connectivity index (χ1n) is 12.0. The van der Waals surface area contributed by atoms with Crippen LogP contribution in [-0.2, 0) is 23.6 Å². The first-order valence-corrected chi connectivity index (χ1v) is 13.6. The van der Waals surface area contributed by atoms with Crippen molar-refractivity contribution in [2.75, 3.05) is 6.61 Å². The van der Waals surface area contributed by atoms with Gasteiger partial charge in [0, 0.05) is 6.42 Å². The summed E-state index contributed by atoms with van der Waals surface area (Å²) in [7, 11) is -4.64. The minimum absolute atomic E-state index is 0.0250. The fourth-order valence-electron chi connectivity index (χ4n) is 3.46. The molecular weight excluding hydrogens is 487 g/mol. The molecule has 206 valence electrons. The average Bonchev–Trinajstić information content (AvgIpc) is 3.03. The summed E-state index contributed by atoms with van der Waals surface area (Å²) in [6, 6.07) is 0. The Bertz CT molecular complexity index is 696. The fourth-order valence-corrected chi connectivity index (χ4v) is 3.46. The number of esters is 2. The summed E-state index contributed by atoms with van der Waals surface area (Å²) < 4.78 is 18.3. The second-order valence-corrected chi connectivity index (χ2v) is 9.53. The number of unbranched alkanes of at least 4 members (excludes halogenated alkanes) is 12. The maximum absolute atomic E-state index is 12.0. The molecule has 13 heteroatoms.